The first kappa shape index (κ1) is 22.8. The molecule has 3 N–H and O–H groups in total. The summed E-state index contributed by atoms with van der Waals surface area (Å²) < 4.78 is 38.2. The zero-order valence-corrected chi connectivity index (χ0v) is 17.4. The van der Waals surface area contributed by atoms with E-state index in [1.807, 2.05) is 17.2 Å². The summed E-state index contributed by atoms with van der Waals surface area (Å²) in [6.45, 7) is 2.92. The largest absolute Gasteiger partial charge is 0.480 e. The number of carboxylic acids is 1. The number of aromatic nitrogens is 2. The van der Waals surface area contributed by atoms with Gasteiger partial charge in [-0.05, 0) is 63.0 Å². The normalized spacial score (nSPS) is 19.8. The number of carbonyl (C=O) groups is 2. The molecule has 0 aliphatic heterocycles. The first-order valence-corrected chi connectivity index (χ1v) is 10.2. The van der Waals surface area contributed by atoms with Crippen molar-refractivity contribution in [1.29, 1.82) is 0 Å². The summed E-state index contributed by atoms with van der Waals surface area (Å²) in [4.78, 5) is 23.3. The minimum absolute atomic E-state index is 0.213. The number of H-pyrrole nitrogens is 1. The van der Waals surface area contributed by atoms with E-state index >= 15 is 0 Å². The van der Waals surface area contributed by atoms with Crippen LogP contribution in [-0.2, 0) is 15.8 Å². The second-order valence-corrected chi connectivity index (χ2v) is 8.69. The molecule has 168 valence electrons. The van der Waals surface area contributed by atoms with Crippen LogP contribution in [0.25, 0.3) is 11.3 Å². The Bertz CT molecular complexity index is 927. The van der Waals surface area contributed by atoms with Gasteiger partial charge in [-0.3, -0.25) is 9.89 Å². The molecule has 1 amide bonds. The molecule has 0 radical (unpaired) electrons. The second-order valence-electron chi connectivity index (χ2n) is 8.69. The van der Waals surface area contributed by atoms with Crippen molar-refractivity contribution in [3.8, 4) is 11.3 Å². The van der Waals surface area contributed by atoms with Crippen LogP contribution >= 0.6 is 0 Å². The molecule has 2 aromatic rings. The van der Waals surface area contributed by atoms with Gasteiger partial charge in [0.05, 0.1) is 5.69 Å². The predicted octanol–water partition coefficient (Wildman–Crippen LogP) is 4.74. The minimum atomic E-state index is -4.45. The fourth-order valence-corrected chi connectivity index (χ4v) is 3.96. The molecule has 1 heterocycles. The number of nitrogens with zero attached hydrogens (tertiary/aromatic N) is 1. The number of benzene rings is 1. The lowest BCUT2D eigenvalue weighted by Crippen LogP contribution is -2.50. The third kappa shape index (κ3) is 5.65. The number of amides is 1. The Hall–Kier alpha value is -2.84. The Balaban J connectivity index is 1.54. The van der Waals surface area contributed by atoms with Gasteiger partial charge in [0.1, 0.15) is 11.2 Å². The van der Waals surface area contributed by atoms with Gasteiger partial charge in [-0.15, -0.1) is 0 Å². The van der Waals surface area contributed by atoms with E-state index in [1.165, 1.54) is 13.8 Å². The van der Waals surface area contributed by atoms with Crippen molar-refractivity contribution in [2.75, 3.05) is 0 Å². The first-order chi connectivity index (χ1) is 14.5. The average Bonchev–Trinajstić information content (AvgIpc) is 3.19. The van der Waals surface area contributed by atoms with Gasteiger partial charge in [0.25, 0.3) is 0 Å². The van der Waals surface area contributed by atoms with Crippen molar-refractivity contribution in [3.63, 3.8) is 0 Å². The molecule has 0 atom stereocenters. The van der Waals surface area contributed by atoms with E-state index in [-0.39, 0.29) is 17.5 Å². The summed E-state index contributed by atoms with van der Waals surface area (Å²) >= 11 is 0. The Morgan fingerprint density at radius 2 is 1.74 bits per heavy atom. The van der Waals surface area contributed by atoms with Gasteiger partial charge in [-0.25, -0.2) is 4.79 Å². The third-order valence-corrected chi connectivity index (χ3v) is 5.87. The fourth-order valence-electron chi connectivity index (χ4n) is 3.96. The fraction of sp³-hybridized carbons (Fsp3) is 0.500. The molecule has 6 nitrogen and oxygen atoms in total. The SMILES string of the molecule is CC(C)(NC(=O)CC1CCC(c2ccc(-c3cc(C(F)(F)F)[nH]n3)cc2)CC1)C(=O)O. The van der Waals surface area contributed by atoms with Crippen LogP contribution in [0.3, 0.4) is 0 Å². The Labute approximate surface area is 178 Å². The van der Waals surface area contributed by atoms with Crippen LogP contribution < -0.4 is 5.32 Å². The summed E-state index contributed by atoms with van der Waals surface area (Å²) in [5.74, 6) is -0.784. The summed E-state index contributed by atoms with van der Waals surface area (Å²) in [5.41, 5.74) is -0.184. The summed E-state index contributed by atoms with van der Waals surface area (Å²) in [6, 6.07) is 8.39. The maximum Gasteiger partial charge on any atom is 0.432 e. The quantitative estimate of drug-likeness (QED) is 0.608. The van der Waals surface area contributed by atoms with E-state index in [0.29, 0.717) is 17.9 Å². The molecule has 31 heavy (non-hydrogen) atoms. The number of nitrogens with one attached hydrogen (secondary N) is 2. The Morgan fingerprint density at radius 1 is 1.13 bits per heavy atom. The van der Waals surface area contributed by atoms with Crippen LogP contribution in [-0.4, -0.2) is 32.7 Å². The highest BCUT2D eigenvalue weighted by Gasteiger charge is 2.33. The molecule has 3 rings (SSSR count). The maximum absolute atomic E-state index is 12.7. The maximum atomic E-state index is 12.7. The third-order valence-electron chi connectivity index (χ3n) is 5.87. The van der Waals surface area contributed by atoms with Crippen LogP contribution in [0.15, 0.2) is 30.3 Å². The number of halogens is 3. The van der Waals surface area contributed by atoms with E-state index in [0.717, 1.165) is 37.3 Å². The number of hydrogen-bond donors (Lipinski definition) is 3. The van der Waals surface area contributed by atoms with E-state index in [1.54, 1.807) is 12.1 Å². The molecular formula is C22H26F3N3O3. The number of alkyl halides is 3. The van der Waals surface area contributed by atoms with Gasteiger partial charge in [0.2, 0.25) is 5.91 Å². The molecule has 1 fully saturated rings. The number of carbonyl (C=O) groups excluding carboxylic acids is 1. The van der Waals surface area contributed by atoms with Crippen molar-refractivity contribution in [1.82, 2.24) is 15.5 Å². The molecule has 0 unspecified atom stereocenters. The van der Waals surface area contributed by atoms with Crippen LogP contribution in [0.2, 0.25) is 0 Å². The van der Waals surface area contributed by atoms with Crippen LogP contribution in [0.5, 0.6) is 0 Å². The number of aromatic amines is 1. The van der Waals surface area contributed by atoms with Gasteiger partial charge < -0.3 is 10.4 Å². The van der Waals surface area contributed by atoms with Crippen molar-refractivity contribution in [2.24, 2.45) is 5.92 Å². The van der Waals surface area contributed by atoms with Crippen LogP contribution in [0.4, 0.5) is 13.2 Å². The van der Waals surface area contributed by atoms with Crippen molar-refractivity contribution in [2.45, 2.75) is 63.6 Å². The molecule has 9 heteroatoms. The monoisotopic (exact) mass is 437 g/mol. The molecule has 0 spiro atoms. The van der Waals surface area contributed by atoms with Gasteiger partial charge in [-0.1, -0.05) is 24.3 Å². The molecule has 0 saturated heterocycles. The van der Waals surface area contributed by atoms with E-state index < -0.39 is 23.4 Å². The van der Waals surface area contributed by atoms with Crippen molar-refractivity contribution < 1.29 is 27.9 Å². The zero-order chi connectivity index (χ0) is 22.8. The van der Waals surface area contributed by atoms with E-state index in [4.69, 9.17) is 5.11 Å². The second kappa shape index (κ2) is 8.72. The molecule has 1 aromatic carbocycles. The van der Waals surface area contributed by atoms with Gasteiger partial charge in [0, 0.05) is 12.0 Å². The highest BCUT2D eigenvalue weighted by molar-refractivity contribution is 5.86. The Morgan fingerprint density at radius 3 is 2.26 bits per heavy atom. The number of carboxylic acid groups (broad SMARTS) is 1. The smallest absolute Gasteiger partial charge is 0.432 e. The van der Waals surface area contributed by atoms with Crippen molar-refractivity contribution in [3.05, 3.63) is 41.6 Å². The lowest BCUT2D eigenvalue weighted by Gasteiger charge is -2.29. The number of rotatable bonds is 6. The Kier molecular flexibility index (Phi) is 6.43. The first-order valence-electron chi connectivity index (χ1n) is 10.2. The number of aliphatic carboxylic acids is 1. The summed E-state index contributed by atoms with van der Waals surface area (Å²) in [6.07, 6.45) is -0.614. The summed E-state index contributed by atoms with van der Waals surface area (Å²) in [5, 5.41) is 17.4. The van der Waals surface area contributed by atoms with E-state index in [2.05, 4.69) is 10.4 Å². The molecule has 1 saturated carbocycles. The molecule has 1 aliphatic rings. The minimum Gasteiger partial charge on any atom is -0.480 e. The molecule has 0 bridgehead atoms. The number of hydrogen-bond acceptors (Lipinski definition) is 3. The van der Waals surface area contributed by atoms with Crippen molar-refractivity contribution >= 4 is 11.9 Å². The summed E-state index contributed by atoms with van der Waals surface area (Å²) in [7, 11) is 0. The molecular weight excluding hydrogens is 411 g/mol. The van der Waals surface area contributed by atoms with Gasteiger partial charge in [-0.2, -0.15) is 18.3 Å². The zero-order valence-electron chi connectivity index (χ0n) is 17.4. The van der Waals surface area contributed by atoms with Crippen LogP contribution in [0.1, 0.15) is 63.1 Å². The predicted molar refractivity (Wildman–Crippen MR) is 108 cm³/mol. The lowest BCUT2D eigenvalue weighted by atomic mass is 9.77. The molecule has 1 aromatic heterocycles. The lowest BCUT2D eigenvalue weighted by molar-refractivity contribution is -0.146. The van der Waals surface area contributed by atoms with Gasteiger partial charge >= 0.3 is 12.1 Å². The highest BCUT2D eigenvalue weighted by Crippen LogP contribution is 2.38. The van der Waals surface area contributed by atoms with Gasteiger partial charge in [0.15, 0.2) is 0 Å². The molecule has 1 aliphatic carbocycles. The standard InChI is InChI=1S/C22H26F3N3O3/c1-21(2,20(30)31)26-19(29)11-13-3-5-14(6-4-13)15-7-9-16(10-8-15)17-12-18(28-27-17)22(23,24)25/h7-10,12-14H,3-6,11H2,1-2H3,(H,26,29)(H,27,28)(H,30,31). The average molecular weight is 437 g/mol. The van der Waals surface area contributed by atoms with Crippen LogP contribution in [0, 0.1) is 5.92 Å². The highest BCUT2D eigenvalue weighted by atomic mass is 19.4. The van der Waals surface area contributed by atoms with E-state index in [9.17, 15) is 22.8 Å². The topological polar surface area (TPSA) is 95.1 Å².